The summed E-state index contributed by atoms with van der Waals surface area (Å²) >= 11 is 8.98. The Labute approximate surface area is 123 Å². The van der Waals surface area contributed by atoms with Crippen molar-refractivity contribution in [3.63, 3.8) is 0 Å². The molecule has 0 amide bonds. The molecule has 0 fully saturated rings. The van der Waals surface area contributed by atoms with Gasteiger partial charge in [0.05, 0.1) is 15.7 Å². The second-order valence-corrected chi connectivity index (χ2v) is 5.23. The number of hydrogen-bond acceptors (Lipinski definition) is 2. The lowest BCUT2D eigenvalue weighted by Gasteiger charge is -2.06. The maximum absolute atomic E-state index is 13.8. The first-order valence-corrected chi connectivity index (χ1v) is 6.89. The first kappa shape index (κ1) is 14.2. The summed E-state index contributed by atoms with van der Waals surface area (Å²) in [4.78, 5) is 12.2. The lowest BCUT2D eigenvalue weighted by atomic mass is 10.1. The molecule has 0 aliphatic carbocycles. The number of rotatable bonds is 4. The summed E-state index contributed by atoms with van der Waals surface area (Å²) in [5, 5.41) is 4.09. The molecule has 0 aliphatic rings. The van der Waals surface area contributed by atoms with Crippen molar-refractivity contribution in [1.29, 1.82) is 0 Å². The van der Waals surface area contributed by atoms with Gasteiger partial charge in [-0.3, -0.25) is 9.48 Å². The molecule has 6 heteroatoms. The molecule has 0 saturated heterocycles. The van der Waals surface area contributed by atoms with Gasteiger partial charge in [-0.05, 0) is 34.5 Å². The van der Waals surface area contributed by atoms with Crippen molar-refractivity contribution in [2.24, 2.45) is 0 Å². The topological polar surface area (TPSA) is 34.9 Å². The van der Waals surface area contributed by atoms with Gasteiger partial charge in [0.25, 0.3) is 0 Å². The lowest BCUT2D eigenvalue weighted by Crippen LogP contribution is -2.13. The zero-order chi connectivity index (χ0) is 14.0. The highest BCUT2D eigenvalue weighted by molar-refractivity contribution is 9.10. The molecule has 0 N–H and O–H groups in total. The standard InChI is InChI=1S/C13H11BrClFN2O/c1-2-18-13(9(14)7-17-18)11(19)6-8-4-3-5-10(15)12(8)16/h3-5,7H,2,6H2,1H3. The summed E-state index contributed by atoms with van der Waals surface area (Å²) in [6.07, 6.45) is 1.52. The van der Waals surface area contributed by atoms with Gasteiger partial charge >= 0.3 is 0 Å². The van der Waals surface area contributed by atoms with E-state index in [1.807, 2.05) is 6.92 Å². The Morgan fingerprint density at radius 3 is 2.95 bits per heavy atom. The van der Waals surface area contributed by atoms with E-state index in [1.54, 1.807) is 23.0 Å². The van der Waals surface area contributed by atoms with Gasteiger partial charge in [-0.25, -0.2) is 4.39 Å². The van der Waals surface area contributed by atoms with Crippen LogP contribution in [0.3, 0.4) is 0 Å². The molecule has 1 aromatic heterocycles. The SMILES string of the molecule is CCn1ncc(Br)c1C(=O)Cc1cccc(Cl)c1F. The van der Waals surface area contributed by atoms with E-state index in [4.69, 9.17) is 11.6 Å². The van der Waals surface area contributed by atoms with Crippen molar-refractivity contribution in [2.75, 3.05) is 0 Å². The molecule has 0 bridgehead atoms. The molecule has 3 nitrogen and oxygen atoms in total. The van der Waals surface area contributed by atoms with Crippen molar-refractivity contribution >= 4 is 33.3 Å². The molecular formula is C13H11BrClFN2O. The number of ketones is 1. The lowest BCUT2D eigenvalue weighted by molar-refractivity contribution is 0.0981. The second-order valence-electron chi connectivity index (χ2n) is 3.97. The monoisotopic (exact) mass is 344 g/mol. The maximum Gasteiger partial charge on any atom is 0.186 e. The molecular weight excluding hydrogens is 335 g/mol. The minimum absolute atomic E-state index is 0.0216. The van der Waals surface area contributed by atoms with Gasteiger partial charge in [0.1, 0.15) is 11.5 Å². The third kappa shape index (κ3) is 2.87. The highest BCUT2D eigenvalue weighted by Gasteiger charge is 2.18. The zero-order valence-electron chi connectivity index (χ0n) is 10.2. The smallest absolute Gasteiger partial charge is 0.186 e. The highest BCUT2D eigenvalue weighted by Crippen LogP contribution is 2.22. The van der Waals surface area contributed by atoms with Crippen LogP contribution in [-0.2, 0) is 13.0 Å². The first-order chi connectivity index (χ1) is 9.04. The van der Waals surface area contributed by atoms with E-state index >= 15 is 0 Å². The molecule has 2 aromatic rings. The van der Waals surface area contributed by atoms with Gasteiger partial charge in [0, 0.05) is 13.0 Å². The van der Waals surface area contributed by atoms with Gasteiger partial charge in [-0.2, -0.15) is 5.10 Å². The Kier molecular flexibility index (Phi) is 4.37. The van der Waals surface area contributed by atoms with E-state index in [9.17, 15) is 9.18 Å². The summed E-state index contributed by atoms with van der Waals surface area (Å²) in [5.41, 5.74) is 0.732. The normalized spacial score (nSPS) is 10.7. The van der Waals surface area contributed by atoms with Crippen LogP contribution in [0.2, 0.25) is 5.02 Å². The molecule has 1 aromatic carbocycles. The van der Waals surface area contributed by atoms with Gasteiger partial charge in [0.2, 0.25) is 0 Å². The summed E-state index contributed by atoms with van der Waals surface area (Å²) < 4.78 is 16.0. The van der Waals surface area contributed by atoms with Crippen LogP contribution in [0.25, 0.3) is 0 Å². The quantitative estimate of drug-likeness (QED) is 0.788. The Balaban J connectivity index is 2.31. The molecule has 2 rings (SSSR count). The van der Waals surface area contributed by atoms with Crippen molar-refractivity contribution in [3.8, 4) is 0 Å². The maximum atomic E-state index is 13.8. The number of hydrogen-bond donors (Lipinski definition) is 0. The Bertz CT molecular complexity index is 627. The number of nitrogens with zero attached hydrogens (tertiary/aromatic N) is 2. The number of halogens is 3. The van der Waals surface area contributed by atoms with Crippen molar-refractivity contribution < 1.29 is 9.18 Å². The third-order valence-corrected chi connectivity index (χ3v) is 3.61. The van der Waals surface area contributed by atoms with Gasteiger partial charge < -0.3 is 0 Å². The van der Waals surface area contributed by atoms with Gasteiger partial charge in [-0.15, -0.1) is 0 Å². The molecule has 19 heavy (non-hydrogen) atoms. The van der Waals surface area contributed by atoms with E-state index in [2.05, 4.69) is 21.0 Å². The predicted octanol–water partition coefficient (Wildman–Crippen LogP) is 3.88. The molecule has 0 unspecified atom stereocenters. The number of Topliss-reactive ketones (excluding diaryl/α,β-unsaturated/α-hetero) is 1. The van der Waals surface area contributed by atoms with Crippen LogP contribution in [0.4, 0.5) is 4.39 Å². The van der Waals surface area contributed by atoms with E-state index < -0.39 is 5.82 Å². The number of aromatic nitrogens is 2. The van der Waals surface area contributed by atoms with E-state index in [-0.39, 0.29) is 22.8 Å². The Morgan fingerprint density at radius 1 is 1.53 bits per heavy atom. The summed E-state index contributed by atoms with van der Waals surface area (Å²) in [5.74, 6) is -0.747. The van der Waals surface area contributed by atoms with Gasteiger partial charge in [-0.1, -0.05) is 23.7 Å². The Hall–Kier alpha value is -1.20. The number of benzene rings is 1. The van der Waals surface area contributed by atoms with E-state index in [1.165, 1.54) is 6.07 Å². The fourth-order valence-corrected chi connectivity index (χ4v) is 2.53. The number of carbonyl (C=O) groups excluding carboxylic acids is 1. The van der Waals surface area contributed by atoms with Crippen LogP contribution in [0.5, 0.6) is 0 Å². The largest absolute Gasteiger partial charge is 0.292 e. The van der Waals surface area contributed by atoms with Crippen LogP contribution in [0.1, 0.15) is 23.0 Å². The molecule has 1 heterocycles. The van der Waals surface area contributed by atoms with Crippen LogP contribution in [-0.4, -0.2) is 15.6 Å². The molecule has 100 valence electrons. The van der Waals surface area contributed by atoms with Crippen molar-refractivity contribution in [1.82, 2.24) is 9.78 Å². The van der Waals surface area contributed by atoms with Crippen LogP contribution >= 0.6 is 27.5 Å². The van der Waals surface area contributed by atoms with E-state index in [0.717, 1.165) is 0 Å². The minimum Gasteiger partial charge on any atom is -0.292 e. The minimum atomic E-state index is -0.545. The average molecular weight is 346 g/mol. The Morgan fingerprint density at radius 2 is 2.26 bits per heavy atom. The third-order valence-electron chi connectivity index (χ3n) is 2.74. The van der Waals surface area contributed by atoms with Gasteiger partial charge in [0.15, 0.2) is 5.78 Å². The highest BCUT2D eigenvalue weighted by atomic mass is 79.9. The zero-order valence-corrected chi connectivity index (χ0v) is 12.5. The molecule has 0 aliphatic heterocycles. The van der Waals surface area contributed by atoms with Crippen molar-refractivity contribution in [2.45, 2.75) is 19.9 Å². The molecule has 0 saturated carbocycles. The van der Waals surface area contributed by atoms with Crippen LogP contribution < -0.4 is 0 Å². The molecule has 0 atom stereocenters. The number of carbonyl (C=O) groups is 1. The fraction of sp³-hybridized carbons (Fsp3) is 0.231. The molecule has 0 spiro atoms. The van der Waals surface area contributed by atoms with E-state index in [0.29, 0.717) is 16.7 Å². The second kappa shape index (κ2) is 5.84. The fourth-order valence-electron chi connectivity index (χ4n) is 1.82. The summed E-state index contributed by atoms with van der Waals surface area (Å²) in [6, 6.07) is 4.64. The summed E-state index contributed by atoms with van der Waals surface area (Å²) in [7, 11) is 0. The summed E-state index contributed by atoms with van der Waals surface area (Å²) in [6.45, 7) is 2.46. The van der Waals surface area contributed by atoms with Crippen molar-refractivity contribution in [3.05, 3.63) is 51.0 Å². The number of aryl methyl sites for hydroxylation is 1. The van der Waals surface area contributed by atoms with Crippen LogP contribution in [0, 0.1) is 5.82 Å². The predicted molar refractivity (Wildman–Crippen MR) is 75.0 cm³/mol. The molecule has 0 radical (unpaired) electrons. The average Bonchev–Trinajstić information content (AvgIpc) is 2.76. The first-order valence-electron chi connectivity index (χ1n) is 5.72. The van der Waals surface area contributed by atoms with Crippen LogP contribution in [0.15, 0.2) is 28.9 Å².